The van der Waals surface area contributed by atoms with Crippen LogP contribution in [0.5, 0.6) is 0 Å². The lowest BCUT2D eigenvalue weighted by Crippen LogP contribution is -2.29. The third-order valence-corrected chi connectivity index (χ3v) is 1.84. The van der Waals surface area contributed by atoms with Crippen LogP contribution in [0.1, 0.15) is 12.5 Å². The summed E-state index contributed by atoms with van der Waals surface area (Å²) in [5, 5.41) is 21.3. The zero-order valence-corrected chi connectivity index (χ0v) is 8.92. The predicted octanol–water partition coefficient (Wildman–Crippen LogP) is -0.463. The molecular weight excluding hydrogens is 207 g/mol. The molecule has 1 aromatic carbocycles. The van der Waals surface area contributed by atoms with E-state index in [-0.39, 0.29) is 5.90 Å². The smallest absolute Gasteiger partial charge is 0.443 e. The van der Waals surface area contributed by atoms with Crippen molar-refractivity contribution in [2.24, 2.45) is 10.9 Å². The standard InChI is InChI=1S/C10H13BN2O3/c1-7(2)16-10(13-12)8-3-5-9(6-4-8)11(14)15/h3-6,14-15H,1,12H2,2H3/b13-10-. The fraction of sp³-hybridized carbons (Fsp3) is 0.100. The third kappa shape index (κ3) is 3.11. The molecule has 0 bridgehead atoms. The largest absolute Gasteiger partial charge is 0.488 e. The first-order valence-corrected chi connectivity index (χ1v) is 4.62. The van der Waals surface area contributed by atoms with Gasteiger partial charge in [-0.25, -0.2) is 0 Å². The first-order chi connectivity index (χ1) is 7.54. The van der Waals surface area contributed by atoms with E-state index in [2.05, 4.69) is 11.7 Å². The molecule has 16 heavy (non-hydrogen) atoms. The van der Waals surface area contributed by atoms with Crippen molar-refractivity contribution >= 4 is 18.5 Å². The van der Waals surface area contributed by atoms with Crippen LogP contribution in [0.3, 0.4) is 0 Å². The zero-order valence-electron chi connectivity index (χ0n) is 8.92. The maximum absolute atomic E-state index is 8.91. The normalized spacial score (nSPS) is 11.1. The molecule has 1 aromatic rings. The average molecular weight is 220 g/mol. The molecule has 0 spiro atoms. The number of hydrogen-bond donors (Lipinski definition) is 3. The Bertz CT molecular complexity index is 401. The monoisotopic (exact) mass is 220 g/mol. The highest BCUT2D eigenvalue weighted by molar-refractivity contribution is 6.58. The molecule has 0 saturated heterocycles. The lowest BCUT2D eigenvalue weighted by molar-refractivity contribution is 0.419. The van der Waals surface area contributed by atoms with E-state index in [1.807, 2.05) is 0 Å². The molecular formula is C10H13BN2O3. The van der Waals surface area contributed by atoms with Gasteiger partial charge in [0.25, 0.3) is 0 Å². The Kier molecular flexibility index (Phi) is 4.10. The van der Waals surface area contributed by atoms with Crippen molar-refractivity contribution in [2.45, 2.75) is 6.92 Å². The molecule has 0 atom stereocenters. The van der Waals surface area contributed by atoms with Crippen molar-refractivity contribution in [3.05, 3.63) is 42.2 Å². The summed E-state index contributed by atoms with van der Waals surface area (Å²) in [7, 11) is -1.49. The first-order valence-electron chi connectivity index (χ1n) is 4.62. The van der Waals surface area contributed by atoms with Gasteiger partial charge in [-0.1, -0.05) is 18.7 Å². The molecule has 0 amide bonds. The number of rotatable bonds is 3. The summed E-state index contributed by atoms with van der Waals surface area (Å²) in [6.45, 7) is 5.25. The van der Waals surface area contributed by atoms with Gasteiger partial charge in [0.15, 0.2) is 0 Å². The van der Waals surface area contributed by atoms with Crippen LogP contribution < -0.4 is 11.3 Å². The van der Waals surface area contributed by atoms with E-state index >= 15 is 0 Å². The van der Waals surface area contributed by atoms with E-state index in [1.54, 1.807) is 31.2 Å². The molecule has 0 unspecified atom stereocenters. The minimum absolute atomic E-state index is 0.228. The Morgan fingerprint density at radius 2 is 1.94 bits per heavy atom. The Labute approximate surface area is 94.0 Å². The van der Waals surface area contributed by atoms with Gasteiger partial charge in [0.05, 0.1) is 5.76 Å². The SMILES string of the molecule is C=C(C)O/C(=N\N)c1ccc(B(O)O)cc1. The highest BCUT2D eigenvalue weighted by atomic mass is 16.5. The fourth-order valence-electron chi connectivity index (χ4n) is 1.12. The number of ether oxygens (including phenoxy) is 1. The van der Waals surface area contributed by atoms with Gasteiger partial charge in [-0.15, -0.1) is 5.10 Å². The van der Waals surface area contributed by atoms with E-state index in [0.29, 0.717) is 16.8 Å². The summed E-state index contributed by atoms with van der Waals surface area (Å²) in [5.74, 6) is 5.87. The van der Waals surface area contributed by atoms with Crippen molar-refractivity contribution in [3.63, 3.8) is 0 Å². The van der Waals surface area contributed by atoms with Crippen molar-refractivity contribution in [2.75, 3.05) is 0 Å². The maximum atomic E-state index is 8.91. The van der Waals surface area contributed by atoms with Crippen molar-refractivity contribution < 1.29 is 14.8 Å². The maximum Gasteiger partial charge on any atom is 0.488 e. The Hall–Kier alpha value is -1.79. The van der Waals surface area contributed by atoms with E-state index in [0.717, 1.165) is 0 Å². The second kappa shape index (κ2) is 5.34. The lowest BCUT2D eigenvalue weighted by atomic mass is 9.80. The number of benzene rings is 1. The van der Waals surface area contributed by atoms with Gasteiger partial charge in [-0.3, -0.25) is 0 Å². The van der Waals surface area contributed by atoms with Gasteiger partial charge in [0.2, 0.25) is 5.90 Å². The van der Waals surface area contributed by atoms with Gasteiger partial charge < -0.3 is 20.6 Å². The fourth-order valence-corrected chi connectivity index (χ4v) is 1.12. The highest BCUT2D eigenvalue weighted by Crippen LogP contribution is 2.04. The van der Waals surface area contributed by atoms with Gasteiger partial charge in [0, 0.05) is 5.56 Å². The summed E-state index contributed by atoms with van der Waals surface area (Å²) < 4.78 is 5.19. The van der Waals surface area contributed by atoms with Crippen LogP contribution >= 0.6 is 0 Å². The second-order valence-corrected chi connectivity index (χ2v) is 3.23. The Morgan fingerprint density at radius 1 is 1.38 bits per heavy atom. The highest BCUT2D eigenvalue weighted by Gasteiger charge is 2.11. The number of nitrogens with two attached hydrogens (primary N) is 1. The van der Waals surface area contributed by atoms with Crippen LogP contribution in [-0.2, 0) is 4.74 Å². The topological polar surface area (TPSA) is 88.1 Å². The van der Waals surface area contributed by atoms with Crippen LogP contribution in [0, 0.1) is 0 Å². The van der Waals surface area contributed by atoms with Gasteiger partial charge in [0.1, 0.15) is 0 Å². The van der Waals surface area contributed by atoms with E-state index in [4.69, 9.17) is 20.6 Å². The molecule has 6 heteroatoms. The molecule has 0 saturated carbocycles. The molecule has 0 aliphatic heterocycles. The van der Waals surface area contributed by atoms with Crippen molar-refractivity contribution in [1.29, 1.82) is 0 Å². The number of allylic oxidation sites excluding steroid dienone is 1. The summed E-state index contributed by atoms with van der Waals surface area (Å²) in [6, 6.07) is 6.35. The molecule has 0 aromatic heterocycles. The van der Waals surface area contributed by atoms with Crippen molar-refractivity contribution in [1.82, 2.24) is 0 Å². The van der Waals surface area contributed by atoms with Gasteiger partial charge in [-0.2, -0.15) is 0 Å². The Balaban J connectivity index is 2.91. The van der Waals surface area contributed by atoms with E-state index in [1.165, 1.54) is 0 Å². The minimum Gasteiger partial charge on any atom is -0.443 e. The third-order valence-electron chi connectivity index (χ3n) is 1.84. The van der Waals surface area contributed by atoms with Crippen LogP contribution in [0.2, 0.25) is 0 Å². The van der Waals surface area contributed by atoms with Gasteiger partial charge in [-0.05, 0) is 24.5 Å². The van der Waals surface area contributed by atoms with Crippen LogP contribution in [-0.4, -0.2) is 23.1 Å². The van der Waals surface area contributed by atoms with Crippen molar-refractivity contribution in [3.8, 4) is 0 Å². The lowest BCUT2D eigenvalue weighted by Gasteiger charge is -2.07. The molecule has 4 N–H and O–H groups in total. The number of hydrazone groups is 1. The van der Waals surface area contributed by atoms with E-state index < -0.39 is 7.12 Å². The molecule has 0 aliphatic carbocycles. The zero-order chi connectivity index (χ0) is 12.1. The minimum atomic E-state index is -1.49. The quantitative estimate of drug-likeness (QED) is 0.160. The molecule has 84 valence electrons. The first kappa shape index (κ1) is 12.3. The van der Waals surface area contributed by atoms with Crippen LogP contribution in [0.15, 0.2) is 41.7 Å². The molecule has 5 nitrogen and oxygen atoms in total. The van der Waals surface area contributed by atoms with Crippen LogP contribution in [0.25, 0.3) is 0 Å². The molecule has 0 heterocycles. The average Bonchev–Trinajstić information content (AvgIpc) is 2.25. The van der Waals surface area contributed by atoms with Crippen LogP contribution in [0.4, 0.5) is 0 Å². The summed E-state index contributed by atoms with van der Waals surface area (Å²) in [5.41, 5.74) is 1.02. The summed E-state index contributed by atoms with van der Waals surface area (Å²) in [4.78, 5) is 0. The molecule has 1 rings (SSSR count). The number of hydrogen-bond acceptors (Lipinski definition) is 5. The summed E-state index contributed by atoms with van der Waals surface area (Å²) in [6.07, 6.45) is 0. The molecule has 0 fully saturated rings. The molecule has 0 radical (unpaired) electrons. The second-order valence-electron chi connectivity index (χ2n) is 3.23. The summed E-state index contributed by atoms with van der Waals surface area (Å²) >= 11 is 0. The molecule has 0 aliphatic rings. The number of nitrogens with zero attached hydrogens (tertiary/aromatic N) is 1. The predicted molar refractivity (Wildman–Crippen MR) is 62.9 cm³/mol. The van der Waals surface area contributed by atoms with E-state index in [9.17, 15) is 0 Å². The Morgan fingerprint density at radius 3 is 2.31 bits per heavy atom. The van der Waals surface area contributed by atoms with Gasteiger partial charge >= 0.3 is 7.12 Å².